The van der Waals surface area contributed by atoms with Gasteiger partial charge in [-0.05, 0) is 37.2 Å². The van der Waals surface area contributed by atoms with Gasteiger partial charge >= 0.3 is 0 Å². The molecule has 2 heterocycles. The van der Waals surface area contributed by atoms with Crippen LogP contribution in [0.4, 0.5) is 5.69 Å². The van der Waals surface area contributed by atoms with E-state index in [4.69, 9.17) is 0 Å². The lowest BCUT2D eigenvalue weighted by molar-refractivity contribution is 0.0938. The number of piperazine rings is 1. The lowest BCUT2D eigenvalue weighted by Crippen LogP contribution is -2.46. The third kappa shape index (κ3) is 4.08. The Morgan fingerprint density at radius 1 is 1.09 bits per heavy atom. The Morgan fingerprint density at radius 3 is 2.53 bits per heavy atom. The first kappa shape index (κ1) is 21.9. The van der Waals surface area contributed by atoms with Crippen LogP contribution >= 0.6 is 0 Å². The van der Waals surface area contributed by atoms with Crippen LogP contribution in [0.25, 0.3) is 10.9 Å². The quantitative estimate of drug-likeness (QED) is 0.646. The van der Waals surface area contributed by atoms with Gasteiger partial charge in [-0.3, -0.25) is 9.59 Å². The molecule has 0 spiro atoms. The molecule has 1 fully saturated rings. The Labute approximate surface area is 187 Å². The monoisotopic (exact) mass is 434 g/mol. The summed E-state index contributed by atoms with van der Waals surface area (Å²) in [6.07, 6.45) is 0. The standard InChI is InChI=1S/C25H30N4O3/c1-4-28-12-14-29(15-13-28)19-9-7-8-18(16-19)17(2)26-24(31)22-20-10-5-6-11-21(20)27(3)25(32)23(22)30/h5-11,16-17,30H,4,12-15H2,1-3H3,(H,26,31)/t17-/m1/s1. The molecule has 3 aromatic rings. The van der Waals surface area contributed by atoms with E-state index in [1.54, 1.807) is 31.3 Å². The molecule has 1 atom stereocenters. The van der Waals surface area contributed by atoms with E-state index in [-0.39, 0.29) is 11.6 Å². The number of benzene rings is 2. The number of aromatic nitrogens is 1. The maximum atomic E-state index is 13.1. The molecule has 7 heteroatoms. The van der Waals surface area contributed by atoms with Crippen LogP contribution in [0.2, 0.25) is 0 Å². The molecule has 1 amide bonds. The van der Waals surface area contributed by atoms with Crippen molar-refractivity contribution in [3.05, 3.63) is 70.0 Å². The summed E-state index contributed by atoms with van der Waals surface area (Å²) >= 11 is 0. The zero-order valence-electron chi connectivity index (χ0n) is 18.8. The summed E-state index contributed by atoms with van der Waals surface area (Å²) < 4.78 is 1.35. The predicted molar refractivity (Wildman–Crippen MR) is 128 cm³/mol. The second-order valence-electron chi connectivity index (χ2n) is 8.32. The SMILES string of the molecule is CCN1CCN(c2cccc([C@@H](C)NC(=O)c3c(O)c(=O)n(C)c4ccccc34)c2)CC1. The van der Waals surface area contributed by atoms with Gasteiger partial charge in [0.05, 0.1) is 17.1 Å². The van der Waals surface area contributed by atoms with Crippen LogP contribution in [0.15, 0.2) is 53.3 Å². The summed E-state index contributed by atoms with van der Waals surface area (Å²) in [6.45, 7) is 9.21. The number of nitrogens with one attached hydrogen (secondary N) is 1. The number of amides is 1. The third-order valence-corrected chi connectivity index (χ3v) is 6.41. The zero-order valence-corrected chi connectivity index (χ0v) is 18.8. The van der Waals surface area contributed by atoms with Gasteiger partial charge in [-0.15, -0.1) is 0 Å². The lowest BCUT2D eigenvalue weighted by atomic mass is 10.0. The summed E-state index contributed by atoms with van der Waals surface area (Å²) in [6, 6.07) is 15.0. The van der Waals surface area contributed by atoms with E-state index < -0.39 is 17.2 Å². The predicted octanol–water partition coefficient (Wildman–Crippen LogP) is 2.88. The number of hydrogen-bond donors (Lipinski definition) is 2. The Morgan fingerprint density at radius 2 is 1.81 bits per heavy atom. The molecule has 0 unspecified atom stereocenters. The van der Waals surface area contributed by atoms with E-state index >= 15 is 0 Å². The summed E-state index contributed by atoms with van der Waals surface area (Å²) in [5.74, 6) is -0.996. The summed E-state index contributed by atoms with van der Waals surface area (Å²) in [7, 11) is 1.58. The summed E-state index contributed by atoms with van der Waals surface area (Å²) in [5.41, 5.74) is 2.14. The molecule has 0 radical (unpaired) electrons. The first-order chi connectivity index (χ1) is 15.4. The molecular weight excluding hydrogens is 404 g/mol. The molecule has 4 rings (SSSR count). The van der Waals surface area contributed by atoms with E-state index in [1.165, 1.54) is 4.57 Å². The number of fused-ring (bicyclic) bond motifs is 1. The fraction of sp³-hybridized carbons (Fsp3) is 0.360. The molecule has 0 saturated carbocycles. The number of hydrogen-bond acceptors (Lipinski definition) is 5. The number of pyridine rings is 1. The highest BCUT2D eigenvalue weighted by molar-refractivity contribution is 6.08. The van der Waals surface area contributed by atoms with Crippen LogP contribution < -0.4 is 15.8 Å². The van der Waals surface area contributed by atoms with Gasteiger partial charge < -0.3 is 24.8 Å². The highest BCUT2D eigenvalue weighted by Gasteiger charge is 2.22. The van der Waals surface area contributed by atoms with Crippen LogP contribution in [0.3, 0.4) is 0 Å². The highest BCUT2D eigenvalue weighted by atomic mass is 16.3. The molecule has 0 aliphatic carbocycles. The fourth-order valence-corrected chi connectivity index (χ4v) is 4.38. The van der Waals surface area contributed by atoms with Crippen molar-refractivity contribution in [3.8, 4) is 5.75 Å². The molecular formula is C25H30N4O3. The van der Waals surface area contributed by atoms with Crippen molar-refractivity contribution in [2.24, 2.45) is 7.05 Å². The Bertz CT molecular complexity index is 1200. The normalized spacial score (nSPS) is 15.7. The Kier molecular flexibility index (Phi) is 6.19. The maximum absolute atomic E-state index is 13.1. The first-order valence-electron chi connectivity index (χ1n) is 11.1. The van der Waals surface area contributed by atoms with Crippen LogP contribution in [0, 0.1) is 0 Å². The Balaban J connectivity index is 1.57. The van der Waals surface area contributed by atoms with Gasteiger partial charge in [-0.1, -0.05) is 37.3 Å². The number of rotatable bonds is 5. The molecule has 168 valence electrons. The van der Waals surface area contributed by atoms with Gasteiger partial charge in [0.25, 0.3) is 11.5 Å². The summed E-state index contributed by atoms with van der Waals surface area (Å²) in [4.78, 5) is 30.4. The van der Waals surface area contributed by atoms with Crippen LogP contribution in [-0.4, -0.2) is 53.2 Å². The van der Waals surface area contributed by atoms with Crippen molar-refractivity contribution >= 4 is 22.5 Å². The minimum Gasteiger partial charge on any atom is -0.502 e. The molecule has 1 aliphatic rings. The number of aryl methyl sites for hydroxylation is 1. The molecule has 7 nitrogen and oxygen atoms in total. The van der Waals surface area contributed by atoms with Crippen LogP contribution in [0.5, 0.6) is 5.75 Å². The van der Waals surface area contributed by atoms with E-state index in [0.29, 0.717) is 10.9 Å². The van der Waals surface area contributed by atoms with Crippen molar-refractivity contribution in [1.29, 1.82) is 0 Å². The molecule has 1 saturated heterocycles. The van der Waals surface area contributed by atoms with Crippen molar-refractivity contribution in [2.45, 2.75) is 19.9 Å². The average Bonchev–Trinajstić information content (AvgIpc) is 2.83. The number of anilines is 1. The van der Waals surface area contributed by atoms with Crippen molar-refractivity contribution in [1.82, 2.24) is 14.8 Å². The Hall–Kier alpha value is -3.32. The van der Waals surface area contributed by atoms with Gasteiger partial charge in [0.1, 0.15) is 0 Å². The minimum absolute atomic E-state index is 0.0161. The number of likely N-dealkylation sites (N-methyl/N-ethyl adjacent to an activating group) is 1. The van der Waals surface area contributed by atoms with Crippen molar-refractivity contribution in [3.63, 3.8) is 0 Å². The lowest BCUT2D eigenvalue weighted by Gasteiger charge is -2.35. The van der Waals surface area contributed by atoms with Gasteiger partial charge in [-0.25, -0.2) is 0 Å². The number of para-hydroxylation sites is 1. The van der Waals surface area contributed by atoms with Crippen molar-refractivity contribution < 1.29 is 9.90 Å². The second-order valence-corrected chi connectivity index (χ2v) is 8.32. The van der Waals surface area contributed by atoms with Crippen molar-refractivity contribution in [2.75, 3.05) is 37.6 Å². The van der Waals surface area contributed by atoms with Gasteiger partial charge in [-0.2, -0.15) is 0 Å². The molecule has 32 heavy (non-hydrogen) atoms. The smallest absolute Gasteiger partial charge is 0.293 e. The third-order valence-electron chi connectivity index (χ3n) is 6.41. The number of aromatic hydroxyl groups is 1. The number of carbonyl (C=O) groups is 1. The van der Waals surface area contributed by atoms with Gasteiger partial charge in [0.15, 0.2) is 5.75 Å². The topological polar surface area (TPSA) is 77.8 Å². The van der Waals surface area contributed by atoms with E-state index in [2.05, 4.69) is 34.2 Å². The molecule has 0 bridgehead atoms. The first-order valence-corrected chi connectivity index (χ1v) is 11.1. The van der Waals surface area contributed by atoms with E-state index in [9.17, 15) is 14.7 Å². The number of nitrogens with zero attached hydrogens (tertiary/aromatic N) is 3. The maximum Gasteiger partial charge on any atom is 0.293 e. The minimum atomic E-state index is -0.588. The van der Waals surface area contributed by atoms with Crippen LogP contribution in [-0.2, 0) is 7.05 Å². The van der Waals surface area contributed by atoms with E-state index in [0.717, 1.165) is 44.0 Å². The molecule has 1 aromatic heterocycles. The molecule has 1 aliphatic heterocycles. The molecule has 2 N–H and O–H groups in total. The van der Waals surface area contributed by atoms with Crippen LogP contribution in [0.1, 0.15) is 35.8 Å². The highest BCUT2D eigenvalue weighted by Crippen LogP contribution is 2.26. The average molecular weight is 435 g/mol. The zero-order chi connectivity index (χ0) is 22.8. The van der Waals surface area contributed by atoms with Gasteiger partial charge in [0.2, 0.25) is 0 Å². The van der Waals surface area contributed by atoms with Gasteiger partial charge in [0, 0.05) is 44.3 Å². The largest absolute Gasteiger partial charge is 0.502 e. The molecule has 2 aromatic carbocycles. The summed E-state index contributed by atoms with van der Waals surface area (Å²) in [5, 5.41) is 14.0. The fourth-order valence-electron chi connectivity index (χ4n) is 4.38. The number of carbonyl (C=O) groups excluding carboxylic acids is 1. The van der Waals surface area contributed by atoms with E-state index in [1.807, 2.05) is 19.1 Å². The second kappa shape index (κ2) is 9.04.